The molecule has 2 rings (SSSR count). The minimum absolute atomic E-state index is 0.00708. The number of hydrazone groups is 1. The standard InChI is InChI=1S/C15H14N4O8S/c1-26-14(20)9-17-28(24,25)12-5-3-2-4-11(12)15(21)18-16-8-10-6-7-13(27-10)19(22)23/h2-8,17H,9H2,1H3,(H,18,21)/b16-8+. The Labute approximate surface area is 158 Å². The van der Waals surface area contributed by atoms with Gasteiger partial charge in [-0.1, -0.05) is 12.1 Å². The Bertz CT molecular complexity index is 1030. The third-order valence-corrected chi connectivity index (χ3v) is 4.67. The van der Waals surface area contributed by atoms with E-state index < -0.39 is 39.3 Å². The number of nitrogens with zero attached hydrogens (tertiary/aromatic N) is 2. The maximum atomic E-state index is 12.3. The first kappa shape index (κ1) is 20.7. The SMILES string of the molecule is COC(=O)CNS(=O)(=O)c1ccccc1C(=O)N/N=C/c1ccc([N+](=O)[O-])o1. The van der Waals surface area contributed by atoms with Crippen molar-refractivity contribution in [2.75, 3.05) is 13.7 Å². The molecule has 0 unspecified atom stereocenters. The van der Waals surface area contributed by atoms with E-state index in [2.05, 4.69) is 15.3 Å². The minimum atomic E-state index is -4.18. The number of hydrogen-bond donors (Lipinski definition) is 2. The third kappa shape index (κ3) is 5.21. The zero-order chi connectivity index (χ0) is 20.7. The summed E-state index contributed by atoms with van der Waals surface area (Å²) in [5.74, 6) is -2.16. The molecule has 0 aliphatic carbocycles. The predicted octanol–water partition coefficient (Wildman–Crippen LogP) is 0.403. The van der Waals surface area contributed by atoms with Crippen LogP contribution in [0.25, 0.3) is 0 Å². The number of nitro groups is 1. The van der Waals surface area contributed by atoms with E-state index in [1.807, 2.05) is 4.72 Å². The van der Waals surface area contributed by atoms with Gasteiger partial charge in [-0.15, -0.1) is 0 Å². The molecule has 0 aliphatic rings. The van der Waals surface area contributed by atoms with Crippen LogP contribution in [0.5, 0.6) is 0 Å². The number of esters is 1. The molecule has 0 atom stereocenters. The highest BCUT2D eigenvalue weighted by Gasteiger charge is 2.22. The van der Waals surface area contributed by atoms with E-state index >= 15 is 0 Å². The highest BCUT2D eigenvalue weighted by Crippen LogP contribution is 2.16. The number of carbonyl (C=O) groups is 2. The molecule has 1 amide bonds. The van der Waals surface area contributed by atoms with E-state index in [1.165, 1.54) is 30.3 Å². The lowest BCUT2D eigenvalue weighted by atomic mass is 10.2. The molecule has 1 aromatic carbocycles. The minimum Gasteiger partial charge on any atom is -0.468 e. The molecule has 0 spiro atoms. The van der Waals surface area contributed by atoms with Crippen LogP contribution in [-0.4, -0.2) is 45.1 Å². The van der Waals surface area contributed by atoms with Crippen molar-refractivity contribution in [3.63, 3.8) is 0 Å². The predicted molar refractivity (Wildman–Crippen MR) is 94.1 cm³/mol. The van der Waals surface area contributed by atoms with Crippen molar-refractivity contribution in [2.45, 2.75) is 4.90 Å². The number of furan rings is 1. The van der Waals surface area contributed by atoms with Gasteiger partial charge in [-0.05, 0) is 18.2 Å². The van der Waals surface area contributed by atoms with Gasteiger partial charge in [0.1, 0.15) is 11.5 Å². The fraction of sp³-hybridized carbons (Fsp3) is 0.133. The molecule has 28 heavy (non-hydrogen) atoms. The lowest BCUT2D eigenvalue weighted by Gasteiger charge is -2.09. The Morgan fingerprint density at radius 1 is 1.29 bits per heavy atom. The summed E-state index contributed by atoms with van der Waals surface area (Å²) >= 11 is 0. The summed E-state index contributed by atoms with van der Waals surface area (Å²) in [5.41, 5.74) is 1.86. The average molecular weight is 410 g/mol. The number of rotatable bonds is 8. The summed E-state index contributed by atoms with van der Waals surface area (Å²) < 4.78 is 35.8. The zero-order valence-corrected chi connectivity index (χ0v) is 15.1. The molecule has 0 saturated heterocycles. The van der Waals surface area contributed by atoms with Crippen molar-refractivity contribution >= 4 is 34.0 Å². The molecule has 0 radical (unpaired) electrons. The second-order valence-electron chi connectivity index (χ2n) is 5.03. The number of amides is 1. The molecule has 0 saturated carbocycles. The van der Waals surface area contributed by atoms with E-state index in [-0.39, 0.29) is 16.2 Å². The van der Waals surface area contributed by atoms with Crippen molar-refractivity contribution in [1.29, 1.82) is 0 Å². The summed E-state index contributed by atoms with van der Waals surface area (Å²) in [6.45, 7) is -0.607. The first-order valence-electron chi connectivity index (χ1n) is 7.47. The van der Waals surface area contributed by atoms with Crippen molar-refractivity contribution in [2.24, 2.45) is 5.10 Å². The number of ether oxygens (including phenoxy) is 1. The van der Waals surface area contributed by atoms with Crippen molar-refractivity contribution in [1.82, 2.24) is 10.1 Å². The number of sulfonamides is 1. The van der Waals surface area contributed by atoms with Gasteiger partial charge >= 0.3 is 11.9 Å². The van der Waals surface area contributed by atoms with Gasteiger partial charge < -0.3 is 9.15 Å². The van der Waals surface area contributed by atoms with Crippen LogP contribution in [0.1, 0.15) is 16.1 Å². The Morgan fingerprint density at radius 3 is 2.64 bits per heavy atom. The van der Waals surface area contributed by atoms with E-state index in [9.17, 15) is 28.1 Å². The number of benzene rings is 1. The maximum Gasteiger partial charge on any atom is 0.433 e. The van der Waals surface area contributed by atoms with Gasteiger partial charge in [0, 0.05) is 0 Å². The van der Waals surface area contributed by atoms with Gasteiger partial charge in [0.2, 0.25) is 10.0 Å². The smallest absolute Gasteiger partial charge is 0.433 e. The van der Waals surface area contributed by atoms with Crippen molar-refractivity contribution in [3.05, 3.63) is 57.8 Å². The number of hydrogen-bond acceptors (Lipinski definition) is 9. The highest BCUT2D eigenvalue weighted by molar-refractivity contribution is 7.89. The van der Waals surface area contributed by atoms with Crippen molar-refractivity contribution in [3.8, 4) is 0 Å². The van der Waals surface area contributed by atoms with Gasteiger partial charge in [-0.25, -0.2) is 13.8 Å². The van der Waals surface area contributed by atoms with Crippen LogP contribution in [0.2, 0.25) is 0 Å². The van der Waals surface area contributed by atoms with E-state index in [1.54, 1.807) is 0 Å². The molecular weight excluding hydrogens is 396 g/mol. The largest absolute Gasteiger partial charge is 0.468 e. The second-order valence-corrected chi connectivity index (χ2v) is 6.76. The summed E-state index contributed by atoms with van der Waals surface area (Å²) in [7, 11) is -3.08. The van der Waals surface area contributed by atoms with E-state index in [4.69, 9.17) is 4.42 Å². The molecule has 0 fully saturated rings. The molecular formula is C15H14N4O8S. The molecule has 13 heteroatoms. The lowest BCUT2D eigenvalue weighted by Crippen LogP contribution is -2.32. The highest BCUT2D eigenvalue weighted by atomic mass is 32.2. The normalized spacial score (nSPS) is 11.3. The van der Waals surface area contributed by atoms with E-state index in [0.29, 0.717) is 0 Å². The van der Waals surface area contributed by atoms with Gasteiger partial charge in [-0.2, -0.15) is 9.82 Å². The molecule has 2 aromatic rings. The zero-order valence-electron chi connectivity index (χ0n) is 14.3. The second kappa shape index (κ2) is 8.88. The van der Waals surface area contributed by atoms with Crippen molar-refractivity contribution < 1.29 is 32.1 Å². The average Bonchev–Trinajstić information content (AvgIpc) is 3.15. The quantitative estimate of drug-likeness (QED) is 0.272. The van der Waals surface area contributed by atoms with Crippen LogP contribution in [0.3, 0.4) is 0 Å². The van der Waals surface area contributed by atoms with Crippen LogP contribution in [0, 0.1) is 10.1 Å². The summed E-state index contributed by atoms with van der Waals surface area (Å²) in [6, 6.07) is 7.63. The fourth-order valence-corrected chi connectivity index (χ4v) is 3.09. The van der Waals surface area contributed by atoms with Crippen LogP contribution in [0.15, 0.2) is 50.8 Å². The Kier molecular flexibility index (Phi) is 6.57. The molecule has 1 heterocycles. The van der Waals surface area contributed by atoms with Crippen LogP contribution >= 0.6 is 0 Å². The Morgan fingerprint density at radius 2 is 2.00 bits per heavy atom. The lowest BCUT2D eigenvalue weighted by molar-refractivity contribution is -0.402. The first-order chi connectivity index (χ1) is 13.2. The molecule has 148 valence electrons. The molecule has 2 N–H and O–H groups in total. The summed E-state index contributed by atoms with van der Waals surface area (Å²) in [6.07, 6.45) is 1.01. The van der Waals surface area contributed by atoms with Gasteiger partial charge in [0.15, 0.2) is 5.76 Å². The maximum absolute atomic E-state index is 12.3. The molecule has 0 aliphatic heterocycles. The molecule has 0 bridgehead atoms. The fourth-order valence-electron chi connectivity index (χ4n) is 1.92. The third-order valence-electron chi connectivity index (χ3n) is 3.21. The summed E-state index contributed by atoms with van der Waals surface area (Å²) in [5, 5.41) is 14.1. The van der Waals surface area contributed by atoms with Crippen LogP contribution in [0.4, 0.5) is 5.88 Å². The van der Waals surface area contributed by atoms with Gasteiger partial charge in [-0.3, -0.25) is 19.7 Å². The van der Waals surface area contributed by atoms with E-state index in [0.717, 1.165) is 19.4 Å². The monoisotopic (exact) mass is 410 g/mol. The van der Waals surface area contributed by atoms with Crippen LogP contribution < -0.4 is 10.1 Å². The Balaban J connectivity index is 2.14. The number of methoxy groups -OCH3 is 1. The molecule has 12 nitrogen and oxygen atoms in total. The van der Waals surface area contributed by atoms with Gasteiger partial charge in [0.25, 0.3) is 5.91 Å². The van der Waals surface area contributed by atoms with Crippen LogP contribution in [-0.2, 0) is 19.6 Å². The first-order valence-corrected chi connectivity index (χ1v) is 8.96. The number of carbonyl (C=O) groups excluding carboxylic acids is 2. The number of nitrogens with one attached hydrogen (secondary N) is 2. The topological polar surface area (TPSA) is 170 Å². The van der Waals surface area contributed by atoms with Gasteiger partial charge in [0.05, 0.1) is 29.8 Å². The summed E-state index contributed by atoms with van der Waals surface area (Å²) in [4.78, 5) is 32.8. The Hall–Kier alpha value is -3.58. The molecule has 1 aromatic heterocycles.